The Balaban J connectivity index is 1.91. The van der Waals surface area contributed by atoms with Crippen molar-refractivity contribution in [1.29, 1.82) is 0 Å². The summed E-state index contributed by atoms with van der Waals surface area (Å²) in [6, 6.07) is 5.61. The van der Waals surface area contributed by atoms with Crippen LogP contribution in [0.2, 0.25) is 0 Å². The molecule has 1 saturated carbocycles. The van der Waals surface area contributed by atoms with E-state index < -0.39 is 0 Å². The Bertz CT molecular complexity index is 391. The van der Waals surface area contributed by atoms with Crippen LogP contribution >= 0.6 is 0 Å². The molecule has 0 radical (unpaired) electrons. The molecule has 80 valence electrons. The predicted molar refractivity (Wildman–Crippen MR) is 59.3 cm³/mol. The number of benzene rings is 1. The number of nitrogen functional groups attached to an aromatic ring is 1. The predicted octanol–water partition coefficient (Wildman–Crippen LogP) is 2.40. The molecule has 1 heterocycles. The number of rotatable bonds is 1. The second-order valence-electron chi connectivity index (χ2n) is 4.61. The summed E-state index contributed by atoms with van der Waals surface area (Å²) in [5.41, 5.74) is 6.78. The standard InChI is InChI=1S/C12H15FN2/c13-10-7-9(14)3-4-11(10)15-5-1-2-8-6-12(8)15/h3-4,7-8,12H,1-2,5-6,14H2. The van der Waals surface area contributed by atoms with Gasteiger partial charge in [-0.3, -0.25) is 0 Å². The number of nitrogens with zero attached hydrogens (tertiary/aromatic N) is 1. The van der Waals surface area contributed by atoms with Gasteiger partial charge in [-0.15, -0.1) is 0 Å². The van der Waals surface area contributed by atoms with Crippen molar-refractivity contribution in [1.82, 2.24) is 0 Å². The van der Waals surface area contributed by atoms with Gasteiger partial charge in [-0.25, -0.2) is 4.39 Å². The van der Waals surface area contributed by atoms with Crippen molar-refractivity contribution in [3.63, 3.8) is 0 Å². The van der Waals surface area contributed by atoms with Crippen LogP contribution in [-0.2, 0) is 0 Å². The summed E-state index contributed by atoms with van der Waals surface area (Å²) >= 11 is 0. The van der Waals surface area contributed by atoms with Gasteiger partial charge in [0.05, 0.1) is 5.69 Å². The molecule has 2 atom stereocenters. The quantitative estimate of drug-likeness (QED) is 0.715. The molecule has 1 aromatic carbocycles. The Morgan fingerprint density at radius 2 is 2.27 bits per heavy atom. The molecule has 2 nitrogen and oxygen atoms in total. The van der Waals surface area contributed by atoms with Crippen molar-refractivity contribution in [2.45, 2.75) is 25.3 Å². The van der Waals surface area contributed by atoms with Crippen LogP contribution in [0.25, 0.3) is 0 Å². The zero-order valence-corrected chi connectivity index (χ0v) is 8.62. The molecule has 0 spiro atoms. The summed E-state index contributed by atoms with van der Waals surface area (Å²) in [6.45, 7) is 0.988. The molecule has 0 amide bonds. The van der Waals surface area contributed by atoms with Gasteiger partial charge in [0.25, 0.3) is 0 Å². The highest BCUT2D eigenvalue weighted by atomic mass is 19.1. The third kappa shape index (κ3) is 1.46. The van der Waals surface area contributed by atoms with Crippen molar-refractivity contribution in [3.05, 3.63) is 24.0 Å². The number of fused-ring (bicyclic) bond motifs is 1. The fraction of sp³-hybridized carbons (Fsp3) is 0.500. The Hall–Kier alpha value is -1.25. The lowest BCUT2D eigenvalue weighted by Crippen LogP contribution is -2.32. The Morgan fingerprint density at radius 3 is 3.07 bits per heavy atom. The number of hydrogen-bond donors (Lipinski definition) is 1. The van der Waals surface area contributed by atoms with Crippen molar-refractivity contribution in [2.75, 3.05) is 17.2 Å². The first-order valence-corrected chi connectivity index (χ1v) is 5.57. The molecular formula is C12H15FN2. The van der Waals surface area contributed by atoms with Gasteiger partial charge in [-0.2, -0.15) is 0 Å². The van der Waals surface area contributed by atoms with E-state index in [0.717, 1.165) is 18.2 Å². The lowest BCUT2D eigenvalue weighted by molar-refractivity contribution is 0.543. The van der Waals surface area contributed by atoms with Crippen molar-refractivity contribution in [3.8, 4) is 0 Å². The summed E-state index contributed by atoms with van der Waals surface area (Å²) < 4.78 is 13.7. The third-order valence-corrected chi connectivity index (χ3v) is 3.54. The highest BCUT2D eigenvalue weighted by Gasteiger charge is 2.44. The van der Waals surface area contributed by atoms with E-state index in [0.29, 0.717) is 11.7 Å². The van der Waals surface area contributed by atoms with Gasteiger partial charge in [0.1, 0.15) is 5.82 Å². The molecule has 2 unspecified atom stereocenters. The molecular weight excluding hydrogens is 191 g/mol. The monoisotopic (exact) mass is 206 g/mol. The summed E-state index contributed by atoms with van der Waals surface area (Å²) in [6.07, 6.45) is 3.74. The van der Waals surface area contributed by atoms with Gasteiger partial charge in [0.15, 0.2) is 0 Å². The molecule has 15 heavy (non-hydrogen) atoms. The van der Waals surface area contributed by atoms with E-state index in [1.165, 1.54) is 25.3 Å². The van der Waals surface area contributed by atoms with Crippen molar-refractivity contribution < 1.29 is 4.39 Å². The highest BCUT2D eigenvalue weighted by Crippen LogP contribution is 2.45. The van der Waals surface area contributed by atoms with Gasteiger partial charge in [0, 0.05) is 18.3 Å². The molecule has 1 aliphatic carbocycles. The maximum Gasteiger partial charge on any atom is 0.148 e. The summed E-state index contributed by atoms with van der Waals surface area (Å²) in [5, 5.41) is 0. The normalized spacial score (nSPS) is 28.7. The molecule has 0 bridgehead atoms. The molecule has 1 saturated heterocycles. The first-order valence-electron chi connectivity index (χ1n) is 5.57. The highest BCUT2D eigenvalue weighted by molar-refractivity contribution is 5.56. The summed E-state index contributed by atoms with van der Waals surface area (Å²) in [4.78, 5) is 2.21. The Morgan fingerprint density at radius 1 is 1.40 bits per heavy atom. The van der Waals surface area contributed by atoms with Crippen LogP contribution in [0.4, 0.5) is 15.8 Å². The minimum absolute atomic E-state index is 0.178. The number of hydrogen-bond acceptors (Lipinski definition) is 2. The average Bonchev–Trinajstić information content (AvgIpc) is 2.96. The molecule has 2 aliphatic rings. The van der Waals surface area contributed by atoms with Gasteiger partial charge < -0.3 is 10.6 Å². The zero-order valence-electron chi connectivity index (χ0n) is 8.62. The van der Waals surface area contributed by atoms with Gasteiger partial charge in [-0.1, -0.05) is 0 Å². The fourth-order valence-corrected chi connectivity index (χ4v) is 2.67. The van der Waals surface area contributed by atoms with Crippen LogP contribution in [0.1, 0.15) is 19.3 Å². The third-order valence-electron chi connectivity index (χ3n) is 3.54. The van der Waals surface area contributed by atoms with Crippen LogP contribution < -0.4 is 10.6 Å². The lowest BCUT2D eigenvalue weighted by Gasteiger charge is -2.29. The maximum atomic E-state index is 13.7. The van der Waals surface area contributed by atoms with E-state index in [1.54, 1.807) is 6.07 Å². The van der Waals surface area contributed by atoms with E-state index >= 15 is 0 Å². The molecule has 1 aromatic rings. The minimum Gasteiger partial charge on any atom is -0.399 e. The fourth-order valence-electron chi connectivity index (χ4n) is 2.67. The first-order chi connectivity index (χ1) is 7.25. The molecule has 2 N–H and O–H groups in total. The largest absolute Gasteiger partial charge is 0.399 e. The maximum absolute atomic E-state index is 13.7. The van der Waals surface area contributed by atoms with E-state index in [2.05, 4.69) is 4.90 Å². The van der Waals surface area contributed by atoms with E-state index in [1.807, 2.05) is 6.07 Å². The molecule has 1 aliphatic heterocycles. The van der Waals surface area contributed by atoms with Crippen molar-refractivity contribution in [2.24, 2.45) is 5.92 Å². The number of piperidine rings is 1. The summed E-state index contributed by atoms with van der Waals surface area (Å²) in [7, 11) is 0. The van der Waals surface area contributed by atoms with Crippen LogP contribution in [-0.4, -0.2) is 12.6 Å². The van der Waals surface area contributed by atoms with E-state index in [4.69, 9.17) is 5.73 Å². The second kappa shape index (κ2) is 3.12. The lowest BCUT2D eigenvalue weighted by atomic mass is 10.1. The van der Waals surface area contributed by atoms with E-state index in [-0.39, 0.29) is 5.82 Å². The molecule has 3 rings (SSSR count). The smallest absolute Gasteiger partial charge is 0.148 e. The van der Waals surface area contributed by atoms with Gasteiger partial charge in [0.2, 0.25) is 0 Å². The zero-order chi connectivity index (χ0) is 10.4. The van der Waals surface area contributed by atoms with Gasteiger partial charge in [-0.05, 0) is 43.4 Å². The Kier molecular flexibility index (Phi) is 1.87. The van der Waals surface area contributed by atoms with Crippen LogP contribution in [0.15, 0.2) is 18.2 Å². The van der Waals surface area contributed by atoms with Crippen LogP contribution in [0.3, 0.4) is 0 Å². The number of anilines is 2. The number of nitrogens with two attached hydrogens (primary N) is 1. The first kappa shape index (κ1) is 9.01. The van der Waals surface area contributed by atoms with Crippen molar-refractivity contribution >= 4 is 11.4 Å². The second-order valence-corrected chi connectivity index (χ2v) is 4.61. The topological polar surface area (TPSA) is 29.3 Å². The number of halogens is 1. The average molecular weight is 206 g/mol. The molecule has 3 heteroatoms. The SMILES string of the molecule is Nc1ccc(N2CCCC3CC32)c(F)c1. The summed E-state index contributed by atoms with van der Waals surface area (Å²) in [5.74, 6) is 0.637. The van der Waals surface area contributed by atoms with Crippen LogP contribution in [0.5, 0.6) is 0 Å². The van der Waals surface area contributed by atoms with E-state index in [9.17, 15) is 4.39 Å². The minimum atomic E-state index is -0.178. The van der Waals surface area contributed by atoms with Gasteiger partial charge >= 0.3 is 0 Å². The Labute approximate surface area is 88.9 Å². The molecule has 2 fully saturated rings. The van der Waals surface area contributed by atoms with Crippen LogP contribution in [0, 0.1) is 11.7 Å². The molecule has 0 aromatic heterocycles.